The van der Waals surface area contributed by atoms with Gasteiger partial charge in [0.05, 0.1) is 0 Å². The Labute approximate surface area is 78.4 Å². The molecule has 0 aromatic carbocycles. The summed E-state index contributed by atoms with van der Waals surface area (Å²) in [7, 11) is 0. The quantitative estimate of drug-likeness (QED) is 0.650. The molecule has 0 spiro atoms. The topological polar surface area (TPSA) is 80.5 Å². The fourth-order valence-corrected chi connectivity index (χ4v) is 0.743. The lowest BCUT2D eigenvalue weighted by atomic mass is 10.5. The lowest BCUT2D eigenvalue weighted by Crippen LogP contribution is -2.46. The van der Waals surface area contributed by atoms with Crippen LogP contribution in [0.3, 0.4) is 0 Å². The molecule has 2 N–H and O–H groups in total. The summed E-state index contributed by atoms with van der Waals surface area (Å²) < 4.78 is 0. The molecule has 68 valence electrons. The van der Waals surface area contributed by atoms with E-state index < -0.39 is 29.6 Å². The van der Waals surface area contributed by atoms with Crippen LogP contribution in [0.5, 0.6) is 0 Å². The Hall–Kier alpha value is -0.810. The highest BCUT2D eigenvalue weighted by molar-refractivity contribution is 6.34. The normalized spacial score (nSPS) is 9.17. The first-order chi connectivity index (χ1) is 5.54. The van der Waals surface area contributed by atoms with Crippen molar-refractivity contribution in [2.75, 3.05) is 11.8 Å². The Bertz CT molecular complexity index is 203. The number of nitrogens with two attached hydrogens (primary N) is 1. The Morgan fingerprint density at radius 2 is 1.42 bits per heavy atom. The van der Waals surface area contributed by atoms with Gasteiger partial charge >= 0.3 is 6.03 Å². The van der Waals surface area contributed by atoms with E-state index in [9.17, 15) is 14.4 Å². The lowest BCUT2D eigenvalue weighted by Gasteiger charge is -2.12. The predicted molar refractivity (Wildman–Crippen MR) is 42.9 cm³/mol. The Balaban J connectivity index is 4.55. The molecule has 0 saturated heterocycles. The molecule has 0 aromatic heterocycles. The van der Waals surface area contributed by atoms with Crippen molar-refractivity contribution in [2.24, 2.45) is 5.73 Å². The molecular weight excluding hydrogens is 207 g/mol. The number of primary amides is 1. The van der Waals surface area contributed by atoms with Crippen LogP contribution >= 0.6 is 23.2 Å². The van der Waals surface area contributed by atoms with Crippen molar-refractivity contribution >= 4 is 41.0 Å². The third-order valence-corrected chi connectivity index (χ3v) is 1.41. The number of hydrogen-bond acceptors (Lipinski definition) is 3. The lowest BCUT2D eigenvalue weighted by molar-refractivity contribution is -0.137. The Kier molecular flexibility index (Phi) is 4.61. The van der Waals surface area contributed by atoms with Crippen molar-refractivity contribution in [1.29, 1.82) is 0 Å². The average molecular weight is 213 g/mol. The zero-order valence-corrected chi connectivity index (χ0v) is 7.43. The molecule has 0 unspecified atom stereocenters. The van der Waals surface area contributed by atoms with E-state index in [1.54, 1.807) is 0 Å². The molecule has 0 aliphatic carbocycles. The van der Waals surface area contributed by atoms with Crippen molar-refractivity contribution in [3.8, 4) is 0 Å². The van der Waals surface area contributed by atoms with Crippen LogP contribution in [-0.4, -0.2) is 34.5 Å². The van der Waals surface area contributed by atoms with E-state index in [0.29, 0.717) is 0 Å². The summed E-state index contributed by atoms with van der Waals surface area (Å²) in [4.78, 5) is 32.2. The van der Waals surface area contributed by atoms with Gasteiger partial charge in [-0.2, -0.15) is 4.90 Å². The summed E-state index contributed by atoms with van der Waals surface area (Å²) in [6.45, 7) is 0. The van der Waals surface area contributed by atoms with Crippen LogP contribution in [0.15, 0.2) is 0 Å². The highest BCUT2D eigenvalue weighted by atomic mass is 35.5. The van der Waals surface area contributed by atoms with E-state index >= 15 is 0 Å². The van der Waals surface area contributed by atoms with Crippen molar-refractivity contribution in [3.63, 3.8) is 0 Å². The van der Waals surface area contributed by atoms with Gasteiger partial charge < -0.3 is 5.73 Å². The summed E-state index contributed by atoms with van der Waals surface area (Å²) in [6.07, 6.45) is 0. The minimum atomic E-state index is -1.17. The van der Waals surface area contributed by atoms with Crippen LogP contribution in [0.1, 0.15) is 0 Å². The SMILES string of the molecule is NC(=O)N(C(=O)CCl)C(=O)CCl. The van der Waals surface area contributed by atoms with Crippen LogP contribution in [0.25, 0.3) is 0 Å². The number of rotatable bonds is 2. The standard InChI is InChI=1S/C5H6Cl2N2O3/c6-1-3(10)9(5(8)12)4(11)2-7/h1-2H2,(H2,8,12). The maximum absolute atomic E-state index is 10.8. The second kappa shape index (κ2) is 4.95. The van der Waals surface area contributed by atoms with Crippen LogP contribution in [-0.2, 0) is 9.59 Å². The van der Waals surface area contributed by atoms with Gasteiger partial charge in [0.15, 0.2) is 0 Å². The summed E-state index contributed by atoms with van der Waals surface area (Å²) in [5, 5.41) is 0. The van der Waals surface area contributed by atoms with Gasteiger partial charge in [0.2, 0.25) is 0 Å². The Morgan fingerprint density at radius 3 is 1.58 bits per heavy atom. The van der Waals surface area contributed by atoms with E-state index in [0.717, 1.165) is 0 Å². The number of carbonyl (C=O) groups excluding carboxylic acids is 3. The van der Waals surface area contributed by atoms with Gasteiger partial charge in [-0.1, -0.05) is 0 Å². The number of urea groups is 1. The van der Waals surface area contributed by atoms with Gasteiger partial charge in [0.1, 0.15) is 11.8 Å². The molecule has 0 radical (unpaired) electrons. The highest BCUT2D eigenvalue weighted by Crippen LogP contribution is 1.95. The van der Waals surface area contributed by atoms with E-state index in [1.807, 2.05) is 0 Å². The Morgan fingerprint density at radius 1 is 1.08 bits per heavy atom. The number of hydrogen-bond donors (Lipinski definition) is 1. The van der Waals surface area contributed by atoms with Gasteiger partial charge in [0.25, 0.3) is 11.8 Å². The van der Waals surface area contributed by atoms with Crippen molar-refractivity contribution in [3.05, 3.63) is 0 Å². The smallest absolute Gasteiger partial charge is 0.328 e. The predicted octanol–water partition coefficient (Wildman–Crippen LogP) is -0.102. The maximum atomic E-state index is 10.8. The molecule has 0 saturated carbocycles. The first-order valence-corrected chi connectivity index (χ1v) is 3.88. The molecule has 4 amide bonds. The molecule has 7 heteroatoms. The molecule has 12 heavy (non-hydrogen) atoms. The molecule has 0 fully saturated rings. The summed E-state index contributed by atoms with van der Waals surface area (Å²) in [5.74, 6) is -2.75. The number of carbonyl (C=O) groups is 3. The van der Waals surface area contributed by atoms with Crippen LogP contribution in [0.2, 0.25) is 0 Å². The third-order valence-electron chi connectivity index (χ3n) is 0.948. The molecular formula is C5H6Cl2N2O3. The minimum absolute atomic E-state index is 0.208. The highest BCUT2D eigenvalue weighted by Gasteiger charge is 2.24. The summed E-state index contributed by atoms with van der Waals surface area (Å²) in [5.41, 5.74) is 4.72. The molecule has 0 atom stereocenters. The fourth-order valence-electron chi connectivity index (χ4n) is 0.504. The molecule has 0 aliphatic rings. The van der Waals surface area contributed by atoms with Crippen molar-refractivity contribution in [2.45, 2.75) is 0 Å². The number of alkyl halides is 2. The zero-order chi connectivity index (χ0) is 9.72. The molecule has 0 heterocycles. The van der Waals surface area contributed by atoms with E-state index in [4.69, 9.17) is 28.9 Å². The van der Waals surface area contributed by atoms with Gasteiger partial charge in [0, 0.05) is 0 Å². The van der Waals surface area contributed by atoms with Crippen LogP contribution in [0.4, 0.5) is 4.79 Å². The van der Waals surface area contributed by atoms with Gasteiger partial charge in [-0.3, -0.25) is 9.59 Å². The third kappa shape index (κ3) is 2.67. The molecule has 0 aromatic rings. The number of amides is 4. The first kappa shape index (κ1) is 11.2. The number of nitrogens with zero attached hydrogens (tertiary/aromatic N) is 1. The average Bonchev–Trinajstić information content (AvgIpc) is 2.03. The van der Waals surface area contributed by atoms with Crippen LogP contribution in [0, 0.1) is 0 Å². The first-order valence-electron chi connectivity index (χ1n) is 2.81. The summed E-state index contributed by atoms with van der Waals surface area (Å²) >= 11 is 10.2. The van der Waals surface area contributed by atoms with Gasteiger partial charge in [-0.15, -0.1) is 23.2 Å². The van der Waals surface area contributed by atoms with Gasteiger partial charge in [-0.05, 0) is 0 Å². The summed E-state index contributed by atoms with van der Waals surface area (Å²) in [6, 6.07) is -1.17. The van der Waals surface area contributed by atoms with E-state index in [1.165, 1.54) is 0 Å². The van der Waals surface area contributed by atoms with Crippen LogP contribution < -0.4 is 5.73 Å². The fraction of sp³-hybridized carbons (Fsp3) is 0.400. The number of imide groups is 3. The van der Waals surface area contributed by atoms with E-state index in [-0.39, 0.29) is 4.90 Å². The zero-order valence-electron chi connectivity index (χ0n) is 5.92. The van der Waals surface area contributed by atoms with Gasteiger partial charge in [-0.25, -0.2) is 4.79 Å². The molecule has 0 bridgehead atoms. The molecule has 0 rings (SSSR count). The van der Waals surface area contributed by atoms with Crippen molar-refractivity contribution < 1.29 is 14.4 Å². The van der Waals surface area contributed by atoms with E-state index in [2.05, 4.69) is 0 Å². The largest absolute Gasteiger partial charge is 0.351 e. The monoisotopic (exact) mass is 212 g/mol. The minimum Gasteiger partial charge on any atom is -0.351 e. The maximum Gasteiger partial charge on any atom is 0.328 e. The number of halogens is 2. The second-order valence-electron chi connectivity index (χ2n) is 1.73. The second-order valence-corrected chi connectivity index (χ2v) is 2.26. The van der Waals surface area contributed by atoms with Crippen molar-refractivity contribution in [1.82, 2.24) is 4.90 Å². The molecule has 5 nitrogen and oxygen atoms in total. The molecule has 0 aliphatic heterocycles.